The highest BCUT2D eigenvalue weighted by atomic mass is 79.9. The van der Waals surface area contributed by atoms with Crippen LogP contribution in [0.1, 0.15) is 26.3 Å². The van der Waals surface area contributed by atoms with E-state index < -0.39 is 5.91 Å². The predicted molar refractivity (Wildman–Crippen MR) is 82.0 cm³/mol. The van der Waals surface area contributed by atoms with Crippen molar-refractivity contribution in [1.29, 1.82) is 0 Å². The second-order valence-corrected chi connectivity index (χ2v) is 4.76. The Bertz CT molecular complexity index is 639. The third-order valence-electron chi connectivity index (χ3n) is 2.81. The zero-order valence-electron chi connectivity index (χ0n) is 10.6. The Labute approximate surface area is 125 Å². The van der Waals surface area contributed by atoms with E-state index in [1.54, 1.807) is 36.4 Å². The lowest BCUT2D eigenvalue weighted by Gasteiger charge is -2.09. The van der Waals surface area contributed by atoms with Crippen molar-refractivity contribution in [1.82, 2.24) is 0 Å². The highest BCUT2D eigenvalue weighted by molar-refractivity contribution is 9.08. The maximum atomic E-state index is 12.1. The number of benzene rings is 2. The van der Waals surface area contributed by atoms with Gasteiger partial charge in [0.1, 0.15) is 0 Å². The van der Waals surface area contributed by atoms with Gasteiger partial charge in [-0.15, -0.1) is 0 Å². The second kappa shape index (κ2) is 6.34. The van der Waals surface area contributed by atoms with E-state index in [0.29, 0.717) is 11.3 Å². The number of para-hydroxylation sites is 1. The van der Waals surface area contributed by atoms with Crippen LogP contribution < -0.4 is 11.1 Å². The number of carbonyl (C=O) groups excluding carboxylic acids is 2. The van der Waals surface area contributed by atoms with Crippen molar-refractivity contribution in [2.24, 2.45) is 5.73 Å². The lowest BCUT2D eigenvalue weighted by molar-refractivity contribution is 0.100. The van der Waals surface area contributed by atoms with Crippen LogP contribution in [-0.4, -0.2) is 11.8 Å². The summed E-state index contributed by atoms with van der Waals surface area (Å²) in [5.41, 5.74) is 7.58. The Hall–Kier alpha value is -2.14. The molecule has 0 saturated heterocycles. The lowest BCUT2D eigenvalue weighted by Crippen LogP contribution is -2.18. The number of alkyl halides is 1. The number of rotatable bonds is 4. The molecule has 0 aliphatic heterocycles. The fourth-order valence-corrected chi connectivity index (χ4v) is 2.12. The molecule has 2 aromatic rings. The van der Waals surface area contributed by atoms with E-state index in [4.69, 9.17) is 5.73 Å². The number of anilines is 1. The number of halogens is 1. The number of hydrogen-bond acceptors (Lipinski definition) is 2. The van der Waals surface area contributed by atoms with Gasteiger partial charge in [-0.05, 0) is 29.8 Å². The van der Waals surface area contributed by atoms with Crippen molar-refractivity contribution in [3.63, 3.8) is 0 Å². The molecular weight excluding hydrogens is 320 g/mol. The molecule has 2 amide bonds. The van der Waals surface area contributed by atoms with Crippen molar-refractivity contribution >= 4 is 33.4 Å². The van der Waals surface area contributed by atoms with Crippen LogP contribution in [0.25, 0.3) is 0 Å². The molecule has 5 heteroatoms. The number of nitrogens with one attached hydrogen (secondary N) is 1. The molecule has 102 valence electrons. The van der Waals surface area contributed by atoms with E-state index in [9.17, 15) is 9.59 Å². The summed E-state index contributed by atoms with van der Waals surface area (Å²) in [4.78, 5) is 23.4. The predicted octanol–water partition coefficient (Wildman–Crippen LogP) is 2.93. The second-order valence-electron chi connectivity index (χ2n) is 4.19. The first-order valence-electron chi connectivity index (χ1n) is 5.97. The van der Waals surface area contributed by atoms with E-state index in [0.717, 1.165) is 10.9 Å². The van der Waals surface area contributed by atoms with Gasteiger partial charge >= 0.3 is 0 Å². The first kappa shape index (κ1) is 14.3. The highest BCUT2D eigenvalue weighted by Crippen LogP contribution is 2.16. The minimum Gasteiger partial charge on any atom is -0.366 e. The van der Waals surface area contributed by atoms with Gasteiger partial charge in [0.05, 0.1) is 11.3 Å². The Morgan fingerprint density at radius 1 is 1.05 bits per heavy atom. The zero-order chi connectivity index (χ0) is 14.5. The topological polar surface area (TPSA) is 72.2 Å². The fraction of sp³-hybridized carbons (Fsp3) is 0.0667. The van der Waals surface area contributed by atoms with Crippen LogP contribution in [-0.2, 0) is 5.33 Å². The molecule has 20 heavy (non-hydrogen) atoms. The molecule has 0 aliphatic carbocycles. The molecule has 0 spiro atoms. The maximum absolute atomic E-state index is 12.1. The molecule has 2 aromatic carbocycles. The van der Waals surface area contributed by atoms with Gasteiger partial charge < -0.3 is 11.1 Å². The molecule has 0 unspecified atom stereocenters. The van der Waals surface area contributed by atoms with E-state index in [1.165, 1.54) is 0 Å². The van der Waals surface area contributed by atoms with Crippen LogP contribution in [0.3, 0.4) is 0 Å². The molecule has 3 N–H and O–H groups in total. The standard InChI is InChI=1S/C15H13BrN2O2/c16-9-10-5-7-11(8-6-10)15(20)18-13-4-2-1-3-12(13)14(17)19/h1-8H,9H2,(H2,17,19)(H,18,20). The fourth-order valence-electron chi connectivity index (χ4n) is 1.75. The van der Waals surface area contributed by atoms with Crippen molar-refractivity contribution in [3.05, 3.63) is 65.2 Å². The molecule has 0 aliphatic rings. The first-order valence-corrected chi connectivity index (χ1v) is 7.09. The van der Waals surface area contributed by atoms with Crippen molar-refractivity contribution in [2.45, 2.75) is 5.33 Å². The van der Waals surface area contributed by atoms with Crippen LogP contribution in [0.5, 0.6) is 0 Å². The van der Waals surface area contributed by atoms with Gasteiger partial charge in [-0.25, -0.2) is 0 Å². The van der Waals surface area contributed by atoms with Crippen molar-refractivity contribution in [3.8, 4) is 0 Å². The summed E-state index contributed by atoms with van der Waals surface area (Å²) in [6.45, 7) is 0. The molecular formula is C15H13BrN2O2. The summed E-state index contributed by atoms with van der Waals surface area (Å²) >= 11 is 3.35. The normalized spacial score (nSPS) is 10.1. The molecule has 0 atom stereocenters. The average molecular weight is 333 g/mol. The SMILES string of the molecule is NC(=O)c1ccccc1NC(=O)c1ccc(CBr)cc1. The largest absolute Gasteiger partial charge is 0.366 e. The number of amides is 2. The smallest absolute Gasteiger partial charge is 0.255 e. The first-order chi connectivity index (χ1) is 9.61. The maximum Gasteiger partial charge on any atom is 0.255 e. The van der Waals surface area contributed by atoms with Gasteiger partial charge in [-0.3, -0.25) is 9.59 Å². The summed E-state index contributed by atoms with van der Waals surface area (Å²) in [5.74, 6) is -0.852. The number of carbonyl (C=O) groups is 2. The summed E-state index contributed by atoms with van der Waals surface area (Å²) < 4.78 is 0. The molecule has 0 radical (unpaired) electrons. The number of primary amides is 1. The molecule has 0 saturated carbocycles. The lowest BCUT2D eigenvalue weighted by atomic mass is 10.1. The average Bonchev–Trinajstić information content (AvgIpc) is 2.47. The van der Waals surface area contributed by atoms with Crippen LogP contribution in [0.2, 0.25) is 0 Å². The van der Waals surface area contributed by atoms with Gasteiger partial charge in [-0.2, -0.15) is 0 Å². The Morgan fingerprint density at radius 2 is 1.70 bits per heavy atom. The summed E-state index contributed by atoms with van der Waals surface area (Å²) in [6.07, 6.45) is 0. The van der Waals surface area contributed by atoms with Gasteiger partial charge in [0.15, 0.2) is 0 Å². The molecule has 4 nitrogen and oxygen atoms in total. The number of hydrogen-bond donors (Lipinski definition) is 2. The molecule has 0 aromatic heterocycles. The monoisotopic (exact) mass is 332 g/mol. The Kier molecular flexibility index (Phi) is 4.53. The third kappa shape index (κ3) is 3.24. The minimum absolute atomic E-state index is 0.278. The van der Waals surface area contributed by atoms with E-state index in [2.05, 4.69) is 21.2 Å². The zero-order valence-corrected chi connectivity index (χ0v) is 12.2. The summed E-state index contributed by atoms with van der Waals surface area (Å²) in [5, 5.41) is 3.43. The Morgan fingerprint density at radius 3 is 2.30 bits per heavy atom. The molecule has 0 fully saturated rings. The van der Waals surface area contributed by atoms with Crippen molar-refractivity contribution < 1.29 is 9.59 Å². The minimum atomic E-state index is -0.574. The van der Waals surface area contributed by atoms with Crippen molar-refractivity contribution in [2.75, 3.05) is 5.32 Å². The summed E-state index contributed by atoms with van der Waals surface area (Å²) in [6, 6.07) is 13.8. The van der Waals surface area contributed by atoms with E-state index in [1.807, 2.05) is 12.1 Å². The van der Waals surface area contributed by atoms with Crippen LogP contribution in [0.4, 0.5) is 5.69 Å². The summed E-state index contributed by atoms with van der Waals surface area (Å²) in [7, 11) is 0. The van der Waals surface area contributed by atoms with Crippen LogP contribution in [0.15, 0.2) is 48.5 Å². The van der Waals surface area contributed by atoms with Gasteiger partial charge in [0.2, 0.25) is 0 Å². The molecule has 0 heterocycles. The molecule has 2 rings (SSSR count). The molecule has 0 bridgehead atoms. The number of nitrogens with two attached hydrogens (primary N) is 1. The van der Waals surface area contributed by atoms with Gasteiger partial charge in [0, 0.05) is 10.9 Å². The quantitative estimate of drug-likeness (QED) is 0.845. The van der Waals surface area contributed by atoms with Crippen LogP contribution in [0, 0.1) is 0 Å². The highest BCUT2D eigenvalue weighted by Gasteiger charge is 2.11. The van der Waals surface area contributed by atoms with Gasteiger partial charge in [-0.1, -0.05) is 40.2 Å². The third-order valence-corrected chi connectivity index (χ3v) is 3.46. The van der Waals surface area contributed by atoms with Gasteiger partial charge in [0.25, 0.3) is 11.8 Å². The van der Waals surface area contributed by atoms with E-state index >= 15 is 0 Å². The Balaban J connectivity index is 2.21. The van der Waals surface area contributed by atoms with Crippen LogP contribution >= 0.6 is 15.9 Å². The van der Waals surface area contributed by atoms with E-state index in [-0.39, 0.29) is 11.5 Å².